The molecule has 0 N–H and O–H groups in total. The summed E-state index contributed by atoms with van der Waals surface area (Å²) in [5, 5.41) is 0. The van der Waals surface area contributed by atoms with Gasteiger partial charge < -0.3 is 9.64 Å². The SMILES string of the molecule is COC(=O)CN(C(=O)c1ccc(F)cc1Br)C1CCCC1. The standard InChI is InChI=1S/C15H17BrFNO3/c1-21-14(19)9-18(11-4-2-3-5-11)15(20)12-7-6-10(17)8-13(12)16/h6-8,11H,2-5,9H2,1H3. The molecule has 0 atom stereocenters. The summed E-state index contributed by atoms with van der Waals surface area (Å²) in [4.78, 5) is 25.8. The van der Waals surface area contributed by atoms with Crippen LogP contribution in [0.1, 0.15) is 36.0 Å². The molecule has 4 nitrogen and oxygen atoms in total. The number of hydrogen-bond acceptors (Lipinski definition) is 3. The number of nitrogens with zero attached hydrogens (tertiary/aromatic N) is 1. The van der Waals surface area contributed by atoms with Gasteiger partial charge >= 0.3 is 5.97 Å². The molecule has 0 aliphatic heterocycles. The van der Waals surface area contributed by atoms with E-state index in [9.17, 15) is 14.0 Å². The zero-order chi connectivity index (χ0) is 15.4. The van der Waals surface area contributed by atoms with Crippen molar-refractivity contribution in [2.45, 2.75) is 31.7 Å². The van der Waals surface area contributed by atoms with E-state index in [2.05, 4.69) is 20.7 Å². The molecular formula is C15H17BrFNO3. The molecule has 0 spiro atoms. The van der Waals surface area contributed by atoms with Crippen LogP contribution in [-0.4, -0.2) is 36.5 Å². The van der Waals surface area contributed by atoms with Crippen LogP contribution in [0.2, 0.25) is 0 Å². The number of ether oxygens (including phenoxy) is 1. The predicted molar refractivity (Wildman–Crippen MR) is 79.4 cm³/mol. The lowest BCUT2D eigenvalue weighted by Gasteiger charge is -2.28. The molecule has 0 heterocycles. The maximum absolute atomic E-state index is 13.1. The lowest BCUT2D eigenvalue weighted by Crippen LogP contribution is -2.42. The lowest BCUT2D eigenvalue weighted by molar-refractivity contribution is -0.141. The highest BCUT2D eigenvalue weighted by Gasteiger charge is 2.30. The molecule has 0 bridgehead atoms. The van der Waals surface area contributed by atoms with E-state index in [-0.39, 0.29) is 18.5 Å². The van der Waals surface area contributed by atoms with E-state index < -0.39 is 11.8 Å². The average molecular weight is 358 g/mol. The Hall–Kier alpha value is -1.43. The van der Waals surface area contributed by atoms with Gasteiger partial charge in [0.25, 0.3) is 5.91 Å². The predicted octanol–water partition coefficient (Wildman–Crippen LogP) is 3.15. The summed E-state index contributed by atoms with van der Waals surface area (Å²) in [7, 11) is 1.30. The summed E-state index contributed by atoms with van der Waals surface area (Å²) in [5.74, 6) is -1.15. The van der Waals surface area contributed by atoms with Gasteiger partial charge in [0.1, 0.15) is 12.4 Å². The van der Waals surface area contributed by atoms with Gasteiger partial charge in [-0.25, -0.2) is 4.39 Å². The highest BCUT2D eigenvalue weighted by atomic mass is 79.9. The number of hydrogen-bond donors (Lipinski definition) is 0. The molecule has 1 fully saturated rings. The molecule has 2 rings (SSSR count). The first kappa shape index (κ1) is 15.9. The Bertz CT molecular complexity index is 544. The van der Waals surface area contributed by atoms with Crippen molar-refractivity contribution >= 4 is 27.8 Å². The molecule has 0 radical (unpaired) electrons. The van der Waals surface area contributed by atoms with Crippen LogP contribution >= 0.6 is 15.9 Å². The van der Waals surface area contributed by atoms with E-state index in [1.54, 1.807) is 0 Å². The third-order valence-corrected chi connectivity index (χ3v) is 4.37. The van der Waals surface area contributed by atoms with E-state index in [0.717, 1.165) is 25.7 Å². The first-order chi connectivity index (χ1) is 10.0. The van der Waals surface area contributed by atoms with Crippen LogP contribution in [0.4, 0.5) is 4.39 Å². The number of amides is 1. The van der Waals surface area contributed by atoms with Crippen LogP contribution in [0.25, 0.3) is 0 Å². The van der Waals surface area contributed by atoms with E-state index >= 15 is 0 Å². The zero-order valence-corrected chi connectivity index (χ0v) is 13.4. The monoisotopic (exact) mass is 357 g/mol. The molecule has 1 aromatic carbocycles. The van der Waals surface area contributed by atoms with Gasteiger partial charge in [0.15, 0.2) is 0 Å². The number of carbonyl (C=O) groups is 2. The van der Waals surface area contributed by atoms with E-state index in [1.165, 1.54) is 30.2 Å². The third-order valence-electron chi connectivity index (χ3n) is 3.71. The molecule has 1 aromatic rings. The number of benzene rings is 1. The van der Waals surface area contributed by atoms with Crippen LogP contribution in [0.3, 0.4) is 0 Å². The Morgan fingerprint density at radius 3 is 2.62 bits per heavy atom. The smallest absolute Gasteiger partial charge is 0.325 e. The minimum Gasteiger partial charge on any atom is -0.468 e. The van der Waals surface area contributed by atoms with Crippen LogP contribution < -0.4 is 0 Å². The van der Waals surface area contributed by atoms with Crippen LogP contribution in [0, 0.1) is 5.82 Å². The molecule has 114 valence electrons. The lowest BCUT2D eigenvalue weighted by atomic mass is 10.1. The van der Waals surface area contributed by atoms with Crippen molar-refractivity contribution in [2.24, 2.45) is 0 Å². The second kappa shape index (κ2) is 7.02. The third kappa shape index (κ3) is 3.81. The summed E-state index contributed by atoms with van der Waals surface area (Å²) in [6.45, 7) is -0.0795. The summed E-state index contributed by atoms with van der Waals surface area (Å²) >= 11 is 3.20. The summed E-state index contributed by atoms with van der Waals surface area (Å²) in [6.07, 6.45) is 3.84. The van der Waals surface area contributed by atoms with Gasteiger partial charge in [0.05, 0.1) is 12.7 Å². The number of methoxy groups -OCH3 is 1. The van der Waals surface area contributed by atoms with E-state index in [0.29, 0.717) is 10.0 Å². The largest absolute Gasteiger partial charge is 0.468 e. The van der Waals surface area contributed by atoms with Crippen molar-refractivity contribution in [3.63, 3.8) is 0 Å². The molecule has 1 aliphatic carbocycles. The number of rotatable bonds is 4. The quantitative estimate of drug-likeness (QED) is 0.777. The molecule has 0 saturated heterocycles. The van der Waals surface area contributed by atoms with Crippen molar-refractivity contribution < 1.29 is 18.7 Å². The maximum atomic E-state index is 13.1. The van der Waals surface area contributed by atoms with E-state index in [1.807, 2.05) is 0 Å². The van der Waals surface area contributed by atoms with Crippen LogP contribution in [0.15, 0.2) is 22.7 Å². The second-order valence-corrected chi connectivity index (χ2v) is 5.93. The fourth-order valence-electron chi connectivity index (χ4n) is 2.60. The normalized spacial score (nSPS) is 15.0. The van der Waals surface area contributed by atoms with Gasteiger partial charge in [-0.15, -0.1) is 0 Å². The van der Waals surface area contributed by atoms with Crippen molar-refractivity contribution in [1.29, 1.82) is 0 Å². The topological polar surface area (TPSA) is 46.6 Å². The van der Waals surface area contributed by atoms with Crippen molar-refractivity contribution in [1.82, 2.24) is 4.90 Å². The van der Waals surface area contributed by atoms with E-state index in [4.69, 9.17) is 0 Å². The molecule has 21 heavy (non-hydrogen) atoms. The number of halogens is 2. The molecule has 0 unspecified atom stereocenters. The molecule has 1 aliphatic rings. The van der Waals surface area contributed by atoms with Gasteiger partial charge in [-0.1, -0.05) is 12.8 Å². The minimum absolute atomic E-state index is 0.0357. The minimum atomic E-state index is -0.450. The number of carbonyl (C=O) groups excluding carboxylic acids is 2. The molecule has 0 aromatic heterocycles. The fraction of sp³-hybridized carbons (Fsp3) is 0.467. The van der Waals surface area contributed by atoms with Crippen LogP contribution in [-0.2, 0) is 9.53 Å². The Labute approximate surface area is 131 Å². The first-order valence-electron chi connectivity index (χ1n) is 6.85. The molecule has 1 amide bonds. The Kier molecular flexibility index (Phi) is 5.33. The highest BCUT2D eigenvalue weighted by molar-refractivity contribution is 9.10. The van der Waals surface area contributed by atoms with Crippen LogP contribution in [0.5, 0.6) is 0 Å². The summed E-state index contributed by atoms with van der Waals surface area (Å²) in [6, 6.07) is 3.95. The first-order valence-corrected chi connectivity index (χ1v) is 7.65. The average Bonchev–Trinajstić information content (AvgIpc) is 2.97. The fourth-order valence-corrected chi connectivity index (χ4v) is 3.12. The summed E-state index contributed by atoms with van der Waals surface area (Å²) in [5.41, 5.74) is 0.354. The Morgan fingerprint density at radius 1 is 1.38 bits per heavy atom. The van der Waals surface area contributed by atoms with Gasteiger partial charge in [-0.05, 0) is 47.0 Å². The van der Waals surface area contributed by atoms with Gasteiger partial charge in [-0.2, -0.15) is 0 Å². The van der Waals surface area contributed by atoms with Gasteiger partial charge in [-0.3, -0.25) is 9.59 Å². The van der Waals surface area contributed by atoms with Crippen molar-refractivity contribution in [2.75, 3.05) is 13.7 Å². The van der Waals surface area contributed by atoms with Gasteiger partial charge in [0.2, 0.25) is 0 Å². The van der Waals surface area contributed by atoms with Crippen molar-refractivity contribution in [3.8, 4) is 0 Å². The maximum Gasteiger partial charge on any atom is 0.325 e. The molecule has 1 saturated carbocycles. The van der Waals surface area contributed by atoms with Gasteiger partial charge in [0, 0.05) is 10.5 Å². The number of esters is 1. The Morgan fingerprint density at radius 2 is 2.05 bits per heavy atom. The zero-order valence-electron chi connectivity index (χ0n) is 11.8. The molecule has 6 heteroatoms. The highest BCUT2D eigenvalue weighted by Crippen LogP contribution is 2.27. The second-order valence-electron chi connectivity index (χ2n) is 5.07. The molecular weight excluding hydrogens is 341 g/mol. The van der Waals surface area contributed by atoms with Crippen molar-refractivity contribution in [3.05, 3.63) is 34.1 Å². The Balaban J connectivity index is 2.26. The summed E-state index contributed by atoms with van der Waals surface area (Å²) < 4.78 is 18.2.